The zero-order chi connectivity index (χ0) is 16.7. The van der Waals surface area contributed by atoms with E-state index in [0.29, 0.717) is 17.0 Å². The van der Waals surface area contributed by atoms with Crippen molar-refractivity contribution < 1.29 is 13.9 Å². The van der Waals surface area contributed by atoms with Gasteiger partial charge in [0.15, 0.2) is 0 Å². The fraction of sp³-hybridized carbons (Fsp3) is 0.111. The number of hydrogen-bond donors (Lipinski definition) is 2. The SMILES string of the molecule is COc1ccc(-c2n[nH]c3c2C(c2cccc(F)c2)NC3=O)cc1. The van der Waals surface area contributed by atoms with Crippen LogP contribution in [0.4, 0.5) is 4.39 Å². The summed E-state index contributed by atoms with van der Waals surface area (Å²) in [5.74, 6) is 0.151. The Morgan fingerprint density at radius 2 is 1.96 bits per heavy atom. The Morgan fingerprint density at radius 3 is 2.67 bits per heavy atom. The van der Waals surface area contributed by atoms with Gasteiger partial charge in [-0.25, -0.2) is 4.39 Å². The third-order valence-electron chi connectivity index (χ3n) is 4.14. The number of benzene rings is 2. The lowest BCUT2D eigenvalue weighted by Gasteiger charge is -2.13. The van der Waals surface area contributed by atoms with Gasteiger partial charge >= 0.3 is 0 Å². The van der Waals surface area contributed by atoms with Gasteiger partial charge in [-0.2, -0.15) is 5.10 Å². The summed E-state index contributed by atoms with van der Waals surface area (Å²) in [5, 5.41) is 9.96. The molecule has 1 unspecified atom stereocenters. The molecule has 1 aliphatic rings. The molecule has 1 amide bonds. The van der Waals surface area contributed by atoms with Crippen LogP contribution in [-0.4, -0.2) is 23.2 Å². The highest BCUT2D eigenvalue weighted by Crippen LogP contribution is 2.37. The van der Waals surface area contributed by atoms with Gasteiger partial charge in [-0.15, -0.1) is 0 Å². The molecule has 1 aliphatic heterocycles. The van der Waals surface area contributed by atoms with E-state index in [2.05, 4.69) is 15.5 Å². The normalized spacial score (nSPS) is 15.9. The number of ether oxygens (including phenoxy) is 1. The number of aromatic nitrogens is 2. The molecule has 2 N–H and O–H groups in total. The highest BCUT2D eigenvalue weighted by atomic mass is 19.1. The molecule has 0 aliphatic carbocycles. The van der Waals surface area contributed by atoms with Gasteiger partial charge in [-0.05, 0) is 42.0 Å². The molecule has 0 radical (unpaired) electrons. The first-order chi connectivity index (χ1) is 11.7. The van der Waals surface area contributed by atoms with Gasteiger partial charge in [0.2, 0.25) is 0 Å². The van der Waals surface area contributed by atoms with E-state index in [-0.39, 0.29) is 11.7 Å². The molecule has 2 aromatic carbocycles. The molecule has 24 heavy (non-hydrogen) atoms. The van der Waals surface area contributed by atoms with Crippen molar-refractivity contribution in [1.29, 1.82) is 0 Å². The Bertz CT molecular complexity index is 918. The minimum absolute atomic E-state index is 0.244. The number of hydrogen-bond acceptors (Lipinski definition) is 3. The van der Waals surface area contributed by atoms with E-state index in [1.165, 1.54) is 12.1 Å². The van der Waals surface area contributed by atoms with Crippen molar-refractivity contribution in [2.75, 3.05) is 7.11 Å². The van der Waals surface area contributed by atoms with Crippen LogP contribution in [0.15, 0.2) is 48.5 Å². The van der Waals surface area contributed by atoms with Crippen molar-refractivity contribution in [3.8, 4) is 17.0 Å². The maximum Gasteiger partial charge on any atom is 0.270 e. The van der Waals surface area contributed by atoms with Crippen molar-refractivity contribution in [1.82, 2.24) is 15.5 Å². The molecule has 3 aromatic rings. The standard InChI is InChI=1S/C18H14FN3O2/c1-24-13-7-5-10(6-8-13)16-14-15(11-3-2-4-12(19)9-11)20-18(23)17(14)22-21-16/h2-9,15H,1H3,(H,20,23)(H,21,22). The Labute approximate surface area is 137 Å². The molecule has 6 heteroatoms. The summed E-state index contributed by atoms with van der Waals surface area (Å²) in [6, 6.07) is 13.2. The average molecular weight is 323 g/mol. The number of fused-ring (bicyclic) bond motifs is 1. The number of carbonyl (C=O) groups excluding carboxylic acids is 1. The number of H-pyrrole nitrogens is 1. The second kappa shape index (κ2) is 5.49. The molecule has 0 fully saturated rings. The van der Waals surface area contributed by atoms with E-state index in [9.17, 15) is 9.18 Å². The monoisotopic (exact) mass is 323 g/mol. The molecule has 2 heterocycles. The summed E-state index contributed by atoms with van der Waals surface area (Å²) < 4.78 is 18.7. The zero-order valence-corrected chi connectivity index (χ0v) is 12.8. The molecule has 0 saturated heterocycles. The maximum absolute atomic E-state index is 13.6. The predicted molar refractivity (Wildman–Crippen MR) is 86.3 cm³/mol. The molecular weight excluding hydrogens is 309 g/mol. The van der Waals surface area contributed by atoms with E-state index in [0.717, 1.165) is 16.9 Å². The Balaban J connectivity index is 1.82. The quantitative estimate of drug-likeness (QED) is 0.778. The van der Waals surface area contributed by atoms with Crippen molar-refractivity contribution in [3.05, 3.63) is 71.2 Å². The third-order valence-corrected chi connectivity index (χ3v) is 4.14. The lowest BCUT2D eigenvalue weighted by atomic mass is 9.97. The fourth-order valence-corrected chi connectivity index (χ4v) is 2.99. The summed E-state index contributed by atoms with van der Waals surface area (Å²) in [5.41, 5.74) is 3.34. The Kier molecular flexibility index (Phi) is 3.30. The smallest absolute Gasteiger partial charge is 0.270 e. The Hall–Kier alpha value is -3.15. The summed E-state index contributed by atoms with van der Waals surface area (Å²) in [7, 11) is 1.60. The summed E-state index contributed by atoms with van der Waals surface area (Å²) in [6.07, 6.45) is 0. The molecule has 120 valence electrons. The van der Waals surface area contributed by atoms with Crippen LogP contribution in [0.3, 0.4) is 0 Å². The van der Waals surface area contributed by atoms with Crippen LogP contribution in [0.2, 0.25) is 0 Å². The van der Waals surface area contributed by atoms with Crippen molar-refractivity contribution in [2.24, 2.45) is 0 Å². The number of nitrogens with zero attached hydrogens (tertiary/aromatic N) is 1. The first-order valence-electron chi connectivity index (χ1n) is 7.46. The number of carbonyl (C=O) groups is 1. The van der Waals surface area contributed by atoms with Crippen LogP contribution in [0.25, 0.3) is 11.3 Å². The molecule has 0 bridgehead atoms. The third kappa shape index (κ3) is 2.23. The number of rotatable bonds is 3. The van der Waals surface area contributed by atoms with Gasteiger partial charge in [-0.1, -0.05) is 12.1 Å². The zero-order valence-electron chi connectivity index (χ0n) is 12.8. The van der Waals surface area contributed by atoms with E-state index >= 15 is 0 Å². The summed E-state index contributed by atoms with van der Waals surface area (Å²) in [6.45, 7) is 0. The maximum atomic E-state index is 13.6. The molecule has 4 rings (SSSR count). The van der Waals surface area contributed by atoms with Gasteiger partial charge in [-0.3, -0.25) is 9.89 Å². The number of halogens is 1. The van der Waals surface area contributed by atoms with E-state index in [1.54, 1.807) is 19.2 Å². The molecule has 0 saturated carbocycles. The first kappa shape index (κ1) is 14.4. The summed E-state index contributed by atoms with van der Waals surface area (Å²) >= 11 is 0. The lowest BCUT2D eigenvalue weighted by Crippen LogP contribution is -2.21. The van der Waals surface area contributed by atoms with Crippen LogP contribution < -0.4 is 10.1 Å². The van der Waals surface area contributed by atoms with Gasteiger partial charge in [0.05, 0.1) is 18.8 Å². The number of nitrogens with one attached hydrogen (secondary N) is 2. The minimum atomic E-state index is -0.431. The number of methoxy groups -OCH3 is 1. The van der Waals surface area contributed by atoms with Gasteiger partial charge < -0.3 is 10.1 Å². The molecular formula is C18H14FN3O2. The second-order valence-electron chi connectivity index (χ2n) is 5.55. The molecule has 5 nitrogen and oxygen atoms in total. The lowest BCUT2D eigenvalue weighted by molar-refractivity contribution is 0.0955. The molecule has 0 spiro atoms. The number of amides is 1. The minimum Gasteiger partial charge on any atom is -0.497 e. The van der Waals surface area contributed by atoms with Crippen molar-refractivity contribution >= 4 is 5.91 Å². The largest absolute Gasteiger partial charge is 0.497 e. The summed E-state index contributed by atoms with van der Waals surface area (Å²) in [4.78, 5) is 12.2. The van der Waals surface area contributed by atoms with Crippen molar-refractivity contribution in [2.45, 2.75) is 6.04 Å². The number of aromatic amines is 1. The second-order valence-corrected chi connectivity index (χ2v) is 5.55. The highest BCUT2D eigenvalue weighted by Gasteiger charge is 2.35. The average Bonchev–Trinajstić information content (AvgIpc) is 3.17. The van der Waals surface area contributed by atoms with Crippen LogP contribution in [0.1, 0.15) is 27.7 Å². The van der Waals surface area contributed by atoms with Gasteiger partial charge in [0, 0.05) is 11.1 Å². The topological polar surface area (TPSA) is 67.0 Å². The highest BCUT2D eigenvalue weighted by molar-refractivity contribution is 6.00. The molecule has 1 aromatic heterocycles. The Morgan fingerprint density at radius 1 is 1.17 bits per heavy atom. The first-order valence-corrected chi connectivity index (χ1v) is 7.46. The van der Waals surface area contributed by atoms with Crippen LogP contribution >= 0.6 is 0 Å². The van der Waals surface area contributed by atoms with E-state index in [4.69, 9.17) is 4.74 Å². The van der Waals surface area contributed by atoms with E-state index in [1.807, 2.05) is 24.3 Å². The van der Waals surface area contributed by atoms with Crippen molar-refractivity contribution in [3.63, 3.8) is 0 Å². The van der Waals surface area contributed by atoms with E-state index < -0.39 is 6.04 Å². The predicted octanol–water partition coefficient (Wildman–Crippen LogP) is 3.06. The van der Waals surface area contributed by atoms with Gasteiger partial charge in [0.25, 0.3) is 5.91 Å². The fourth-order valence-electron chi connectivity index (χ4n) is 2.99. The van der Waals surface area contributed by atoms with Crippen LogP contribution in [0.5, 0.6) is 5.75 Å². The van der Waals surface area contributed by atoms with Crippen LogP contribution in [-0.2, 0) is 0 Å². The molecule has 1 atom stereocenters. The van der Waals surface area contributed by atoms with Crippen LogP contribution in [0, 0.1) is 5.82 Å². The van der Waals surface area contributed by atoms with Gasteiger partial charge in [0.1, 0.15) is 17.3 Å².